The fraction of sp³-hybridized carbons (Fsp3) is 0.100. The van der Waals surface area contributed by atoms with Crippen LogP contribution in [0, 0.1) is 10.1 Å². The SMILES string of the molecule is CSc1nc(N)nc(-c2cc(Cl)cc([N+](=O)[O-])c2)n1. The Morgan fingerprint density at radius 3 is 2.68 bits per heavy atom. The summed E-state index contributed by atoms with van der Waals surface area (Å²) in [5.41, 5.74) is 5.85. The molecule has 2 N–H and O–H groups in total. The monoisotopic (exact) mass is 297 g/mol. The van der Waals surface area contributed by atoms with Crippen molar-refractivity contribution in [1.82, 2.24) is 15.0 Å². The van der Waals surface area contributed by atoms with Crippen LogP contribution in [0.15, 0.2) is 23.4 Å². The average Bonchev–Trinajstić information content (AvgIpc) is 2.37. The average molecular weight is 298 g/mol. The number of nitro benzene ring substituents is 1. The van der Waals surface area contributed by atoms with Gasteiger partial charge in [-0.15, -0.1) is 0 Å². The maximum absolute atomic E-state index is 10.8. The quantitative estimate of drug-likeness (QED) is 0.526. The van der Waals surface area contributed by atoms with Gasteiger partial charge in [-0.2, -0.15) is 9.97 Å². The molecule has 98 valence electrons. The van der Waals surface area contributed by atoms with Gasteiger partial charge in [-0.05, 0) is 12.3 Å². The molecule has 1 aromatic carbocycles. The molecule has 19 heavy (non-hydrogen) atoms. The fourth-order valence-electron chi connectivity index (χ4n) is 1.40. The number of halogens is 1. The molecule has 0 spiro atoms. The number of nitrogen functional groups attached to an aromatic ring is 1. The Balaban J connectivity index is 2.58. The first-order valence-corrected chi connectivity index (χ1v) is 6.61. The molecule has 0 saturated carbocycles. The number of nitrogens with zero attached hydrogens (tertiary/aromatic N) is 4. The van der Waals surface area contributed by atoms with Gasteiger partial charge in [-0.25, -0.2) is 4.98 Å². The normalized spacial score (nSPS) is 10.4. The minimum atomic E-state index is -0.532. The highest BCUT2D eigenvalue weighted by atomic mass is 35.5. The van der Waals surface area contributed by atoms with Crippen molar-refractivity contribution in [3.8, 4) is 11.4 Å². The molecule has 1 aromatic heterocycles. The van der Waals surface area contributed by atoms with E-state index >= 15 is 0 Å². The molecule has 0 unspecified atom stereocenters. The van der Waals surface area contributed by atoms with Gasteiger partial charge in [0.2, 0.25) is 5.95 Å². The van der Waals surface area contributed by atoms with Crippen molar-refractivity contribution >= 4 is 35.0 Å². The van der Waals surface area contributed by atoms with E-state index in [-0.39, 0.29) is 22.5 Å². The summed E-state index contributed by atoms with van der Waals surface area (Å²) < 4.78 is 0. The summed E-state index contributed by atoms with van der Waals surface area (Å²) >= 11 is 7.14. The summed E-state index contributed by atoms with van der Waals surface area (Å²) in [6.07, 6.45) is 1.79. The summed E-state index contributed by atoms with van der Waals surface area (Å²) in [4.78, 5) is 22.3. The van der Waals surface area contributed by atoms with Crippen LogP contribution in [-0.4, -0.2) is 26.1 Å². The van der Waals surface area contributed by atoms with Gasteiger partial charge in [0.1, 0.15) is 0 Å². The van der Waals surface area contributed by atoms with Crippen LogP contribution in [0.3, 0.4) is 0 Å². The number of nitro groups is 1. The highest BCUT2D eigenvalue weighted by Crippen LogP contribution is 2.27. The third-order valence-electron chi connectivity index (χ3n) is 2.17. The first-order chi connectivity index (χ1) is 8.99. The van der Waals surface area contributed by atoms with Crippen LogP contribution < -0.4 is 5.73 Å². The Hall–Kier alpha value is -1.93. The molecule has 2 rings (SSSR count). The molecule has 0 fully saturated rings. The lowest BCUT2D eigenvalue weighted by molar-refractivity contribution is -0.384. The molecular weight excluding hydrogens is 290 g/mol. The minimum absolute atomic E-state index is 0.0528. The van der Waals surface area contributed by atoms with Gasteiger partial charge in [-0.3, -0.25) is 10.1 Å². The number of thioether (sulfide) groups is 1. The lowest BCUT2D eigenvalue weighted by Crippen LogP contribution is -2.01. The Morgan fingerprint density at radius 2 is 2.05 bits per heavy atom. The molecule has 9 heteroatoms. The molecule has 7 nitrogen and oxygen atoms in total. The van der Waals surface area contributed by atoms with E-state index in [1.165, 1.54) is 30.0 Å². The second-order valence-corrected chi connectivity index (χ2v) is 4.67. The van der Waals surface area contributed by atoms with Crippen LogP contribution in [0.25, 0.3) is 11.4 Å². The van der Waals surface area contributed by atoms with E-state index in [0.717, 1.165) is 0 Å². The molecule has 0 amide bonds. The van der Waals surface area contributed by atoms with Gasteiger partial charge < -0.3 is 5.73 Å². The summed E-state index contributed by atoms with van der Waals surface area (Å²) in [7, 11) is 0. The lowest BCUT2D eigenvalue weighted by Gasteiger charge is -2.04. The number of rotatable bonds is 3. The predicted molar refractivity (Wildman–Crippen MR) is 73.1 cm³/mol. The second kappa shape index (κ2) is 5.37. The smallest absolute Gasteiger partial charge is 0.271 e. The van der Waals surface area contributed by atoms with E-state index in [0.29, 0.717) is 10.7 Å². The molecule has 0 aliphatic carbocycles. The first kappa shape index (κ1) is 13.5. The van der Waals surface area contributed by atoms with Crippen molar-refractivity contribution in [1.29, 1.82) is 0 Å². The summed E-state index contributed by atoms with van der Waals surface area (Å²) in [6.45, 7) is 0. The third-order valence-corrected chi connectivity index (χ3v) is 2.93. The highest BCUT2D eigenvalue weighted by Gasteiger charge is 2.13. The number of nitrogens with two attached hydrogens (primary N) is 1. The number of hydrogen-bond acceptors (Lipinski definition) is 7. The molecule has 0 atom stereocenters. The van der Waals surface area contributed by atoms with Crippen LogP contribution in [0.4, 0.5) is 11.6 Å². The van der Waals surface area contributed by atoms with Crippen molar-refractivity contribution in [3.63, 3.8) is 0 Å². The van der Waals surface area contributed by atoms with E-state index in [9.17, 15) is 10.1 Å². The van der Waals surface area contributed by atoms with Gasteiger partial charge in [0.25, 0.3) is 5.69 Å². The van der Waals surface area contributed by atoms with Crippen LogP contribution in [0.1, 0.15) is 0 Å². The zero-order chi connectivity index (χ0) is 14.0. The van der Waals surface area contributed by atoms with Crippen molar-refractivity contribution in [3.05, 3.63) is 33.3 Å². The number of non-ortho nitro benzene ring substituents is 1. The summed E-state index contributed by atoms with van der Waals surface area (Å²) in [5, 5.41) is 11.5. The van der Waals surface area contributed by atoms with Gasteiger partial charge in [-0.1, -0.05) is 23.4 Å². The van der Waals surface area contributed by atoms with Crippen molar-refractivity contribution in [2.45, 2.75) is 5.16 Å². The summed E-state index contributed by atoms with van der Waals surface area (Å²) in [6, 6.07) is 4.13. The molecule has 2 aromatic rings. The van der Waals surface area contributed by atoms with Crippen molar-refractivity contribution in [2.75, 3.05) is 12.0 Å². The van der Waals surface area contributed by atoms with Gasteiger partial charge in [0.05, 0.1) is 4.92 Å². The number of anilines is 1. The van der Waals surface area contributed by atoms with Gasteiger partial charge in [0, 0.05) is 22.7 Å². The van der Waals surface area contributed by atoms with E-state index in [1.807, 2.05) is 0 Å². The summed E-state index contributed by atoms with van der Waals surface area (Å²) in [5.74, 6) is 0.305. The van der Waals surface area contributed by atoms with Crippen LogP contribution in [-0.2, 0) is 0 Å². The van der Waals surface area contributed by atoms with Gasteiger partial charge >= 0.3 is 0 Å². The van der Waals surface area contributed by atoms with E-state index in [4.69, 9.17) is 17.3 Å². The molecule has 0 aliphatic rings. The van der Waals surface area contributed by atoms with E-state index < -0.39 is 4.92 Å². The van der Waals surface area contributed by atoms with Gasteiger partial charge in [0.15, 0.2) is 11.0 Å². The number of benzene rings is 1. The van der Waals surface area contributed by atoms with Crippen LogP contribution >= 0.6 is 23.4 Å². The topological polar surface area (TPSA) is 108 Å². The zero-order valence-electron chi connectivity index (χ0n) is 9.70. The number of hydrogen-bond donors (Lipinski definition) is 1. The second-order valence-electron chi connectivity index (χ2n) is 3.46. The van der Waals surface area contributed by atoms with Crippen LogP contribution in [0.2, 0.25) is 5.02 Å². The standard InChI is InChI=1S/C10H8ClN5O2S/c1-19-10-14-8(13-9(12)15-10)5-2-6(11)4-7(3-5)16(17)18/h2-4H,1H3,(H2,12,13,14,15). The zero-order valence-corrected chi connectivity index (χ0v) is 11.3. The molecule has 0 radical (unpaired) electrons. The van der Waals surface area contributed by atoms with Crippen molar-refractivity contribution in [2.24, 2.45) is 0 Å². The molecule has 1 heterocycles. The minimum Gasteiger partial charge on any atom is -0.368 e. The Kier molecular flexibility index (Phi) is 3.82. The Labute approximate surface area is 117 Å². The highest BCUT2D eigenvalue weighted by molar-refractivity contribution is 7.98. The molecular formula is C10H8ClN5O2S. The largest absolute Gasteiger partial charge is 0.368 e. The molecule has 0 aliphatic heterocycles. The number of aromatic nitrogens is 3. The first-order valence-electron chi connectivity index (χ1n) is 5.00. The molecule has 0 saturated heterocycles. The lowest BCUT2D eigenvalue weighted by atomic mass is 10.2. The van der Waals surface area contributed by atoms with Crippen LogP contribution in [0.5, 0.6) is 0 Å². The van der Waals surface area contributed by atoms with E-state index in [2.05, 4.69) is 15.0 Å². The maximum Gasteiger partial charge on any atom is 0.271 e. The Morgan fingerprint density at radius 1 is 1.32 bits per heavy atom. The molecule has 0 bridgehead atoms. The van der Waals surface area contributed by atoms with E-state index in [1.54, 1.807) is 6.26 Å². The van der Waals surface area contributed by atoms with Crippen molar-refractivity contribution < 1.29 is 4.92 Å². The third kappa shape index (κ3) is 3.09. The predicted octanol–water partition coefficient (Wildman–Crippen LogP) is 2.40. The fourth-order valence-corrected chi connectivity index (χ4v) is 1.99. The maximum atomic E-state index is 10.8. The Bertz CT molecular complexity index is 652.